The average Bonchev–Trinajstić information content (AvgIpc) is 3.11. The minimum absolute atomic E-state index is 0.256. The van der Waals surface area contributed by atoms with Crippen LogP contribution in [0.1, 0.15) is 200 Å². The van der Waals surface area contributed by atoms with Crippen molar-refractivity contribution >= 4 is 16.0 Å². The zero-order valence-corrected chi connectivity index (χ0v) is 34.4. The fourth-order valence-corrected chi connectivity index (χ4v) is 6.98. The van der Waals surface area contributed by atoms with Gasteiger partial charge in [0, 0.05) is 0 Å². The van der Waals surface area contributed by atoms with E-state index in [1.165, 1.54) is 115 Å². The molecule has 0 aliphatic heterocycles. The summed E-state index contributed by atoms with van der Waals surface area (Å²) in [6.07, 6.45) is 47.4. The molecule has 7 nitrogen and oxygen atoms in total. The third-order valence-electron chi connectivity index (χ3n) is 9.56. The Hall–Kier alpha value is -1.74. The summed E-state index contributed by atoms with van der Waals surface area (Å²) in [7, 11) is -4.46. The van der Waals surface area contributed by atoms with Gasteiger partial charge >= 0.3 is 0 Å². The van der Waals surface area contributed by atoms with Crippen molar-refractivity contribution in [2.24, 2.45) is 0 Å². The van der Waals surface area contributed by atoms with E-state index >= 15 is 0 Å². The van der Waals surface area contributed by atoms with Crippen LogP contribution in [-0.4, -0.2) is 53.1 Å². The number of carbonyl (C=O) groups excluding carboxylic acids is 1. The number of nitrogens with one attached hydrogen (secondary N) is 1. The van der Waals surface area contributed by atoms with Crippen molar-refractivity contribution in [3.63, 3.8) is 0 Å². The molecule has 4 N–H and O–H groups in total. The highest BCUT2D eigenvalue weighted by molar-refractivity contribution is 7.85. The summed E-state index contributed by atoms with van der Waals surface area (Å²) in [5.41, 5.74) is 0. The van der Waals surface area contributed by atoms with E-state index in [1.807, 2.05) is 0 Å². The summed E-state index contributed by atoms with van der Waals surface area (Å²) in [4.78, 5) is 12.6. The number of aliphatic hydroxyl groups excluding tert-OH is 2. The monoisotopic (exact) mass is 752 g/mol. The maximum Gasteiger partial charge on any atom is 0.267 e. The Bertz CT molecular complexity index is 1020. The van der Waals surface area contributed by atoms with Gasteiger partial charge in [0.2, 0.25) is 5.91 Å². The Morgan fingerprint density at radius 3 is 1.27 bits per heavy atom. The van der Waals surface area contributed by atoms with Gasteiger partial charge in [-0.05, 0) is 70.6 Å². The van der Waals surface area contributed by atoms with Crippen LogP contribution in [0.15, 0.2) is 48.6 Å². The molecule has 0 spiro atoms. The predicted octanol–water partition coefficient (Wildman–Crippen LogP) is 11.7. The molecule has 0 radical (unpaired) electrons. The highest BCUT2D eigenvalue weighted by atomic mass is 32.2. The Morgan fingerprint density at radius 2 is 0.865 bits per heavy atom. The molecular formula is C44H81NO6S. The van der Waals surface area contributed by atoms with Crippen molar-refractivity contribution < 1.29 is 28.0 Å². The summed E-state index contributed by atoms with van der Waals surface area (Å²) >= 11 is 0. The zero-order chi connectivity index (χ0) is 38.4. The molecule has 0 fully saturated rings. The number of allylic oxidation sites excluding steroid dienone is 7. The molecule has 0 aliphatic carbocycles. The molecule has 8 heteroatoms. The maximum absolute atomic E-state index is 12.6. The molecule has 3 atom stereocenters. The molecule has 3 unspecified atom stereocenters. The minimum atomic E-state index is -4.46. The SMILES string of the molecule is CCCCCCCCCC/C=C/CC/C=C/CC/C=C/C(O)C(CS(=O)(=O)O)NC(=O)C(O)CCCCCC/C=C\CCCCCCCCCCC. The number of aliphatic hydroxyl groups is 2. The highest BCUT2D eigenvalue weighted by Gasteiger charge is 2.27. The molecule has 0 saturated heterocycles. The first-order valence-corrected chi connectivity index (χ1v) is 23.1. The van der Waals surface area contributed by atoms with Crippen molar-refractivity contribution in [3.8, 4) is 0 Å². The lowest BCUT2D eigenvalue weighted by atomic mass is 10.1. The topological polar surface area (TPSA) is 124 Å². The van der Waals surface area contributed by atoms with Crippen LogP contribution in [0.25, 0.3) is 0 Å². The number of hydrogen-bond donors (Lipinski definition) is 4. The van der Waals surface area contributed by atoms with Gasteiger partial charge in [-0.25, -0.2) is 0 Å². The first kappa shape index (κ1) is 50.3. The van der Waals surface area contributed by atoms with Gasteiger partial charge in [-0.1, -0.05) is 178 Å². The quantitative estimate of drug-likeness (QED) is 0.0283. The van der Waals surface area contributed by atoms with Crippen LogP contribution in [-0.2, 0) is 14.9 Å². The number of hydrogen-bond acceptors (Lipinski definition) is 5. The van der Waals surface area contributed by atoms with Gasteiger partial charge in [0.1, 0.15) is 6.10 Å². The first-order chi connectivity index (χ1) is 25.2. The van der Waals surface area contributed by atoms with Gasteiger partial charge in [-0.2, -0.15) is 8.42 Å². The van der Waals surface area contributed by atoms with Crippen molar-refractivity contribution in [2.45, 2.75) is 218 Å². The second kappa shape index (κ2) is 37.6. The lowest BCUT2D eigenvalue weighted by Gasteiger charge is -2.22. The third kappa shape index (κ3) is 36.6. The van der Waals surface area contributed by atoms with E-state index in [4.69, 9.17) is 0 Å². The number of carbonyl (C=O) groups is 1. The van der Waals surface area contributed by atoms with Crippen molar-refractivity contribution in [2.75, 3.05) is 5.75 Å². The van der Waals surface area contributed by atoms with Gasteiger partial charge in [0.25, 0.3) is 10.1 Å². The third-order valence-corrected chi connectivity index (χ3v) is 10.3. The molecule has 0 aliphatic rings. The van der Waals surface area contributed by atoms with Crippen LogP contribution >= 0.6 is 0 Å². The Kier molecular flexibility index (Phi) is 36.3. The van der Waals surface area contributed by atoms with E-state index in [0.29, 0.717) is 12.8 Å². The predicted molar refractivity (Wildman–Crippen MR) is 222 cm³/mol. The fraction of sp³-hybridized carbons (Fsp3) is 0.795. The van der Waals surface area contributed by atoms with Crippen LogP contribution in [0.5, 0.6) is 0 Å². The summed E-state index contributed by atoms with van der Waals surface area (Å²) in [5, 5.41) is 23.4. The molecule has 0 aromatic rings. The standard InChI is InChI=1S/C44H81NO6S/c1-3-5-7-9-11-13-15-17-19-21-23-24-26-28-30-32-34-36-38-42(46)41(40-52(49,50)51)45-44(48)43(47)39-37-35-33-31-29-27-25-22-20-18-16-14-12-10-8-6-4-2/h21,23,25,27-28,30,36,38,41-43,46-47H,3-20,22,24,26,29,31-35,37,39-40H2,1-2H3,(H,45,48)(H,49,50,51)/b23-21+,27-25-,30-28+,38-36+. The summed E-state index contributed by atoms with van der Waals surface area (Å²) in [6, 6.07) is -1.26. The van der Waals surface area contributed by atoms with Crippen LogP contribution in [0.2, 0.25) is 0 Å². The Morgan fingerprint density at radius 1 is 0.519 bits per heavy atom. The van der Waals surface area contributed by atoms with E-state index in [9.17, 15) is 28.0 Å². The summed E-state index contributed by atoms with van der Waals surface area (Å²) < 4.78 is 32.5. The van der Waals surface area contributed by atoms with Gasteiger partial charge in [0.15, 0.2) is 0 Å². The summed E-state index contributed by atoms with van der Waals surface area (Å²) in [6.45, 7) is 4.51. The lowest BCUT2D eigenvalue weighted by Crippen LogP contribution is -2.50. The molecule has 0 aromatic carbocycles. The minimum Gasteiger partial charge on any atom is -0.387 e. The van der Waals surface area contributed by atoms with Crippen LogP contribution in [0, 0.1) is 0 Å². The van der Waals surface area contributed by atoms with E-state index in [-0.39, 0.29) is 6.42 Å². The number of rotatable bonds is 38. The highest BCUT2D eigenvalue weighted by Crippen LogP contribution is 2.13. The Balaban J connectivity index is 4.12. The maximum atomic E-state index is 12.6. The molecule has 0 bridgehead atoms. The molecule has 0 aromatic heterocycles. The van der Waals surface area contributed by atoms with Crippen molar-refractivity contribution in [1.29, 1.82) is 0 Å². The average molecular weight is 752 g/mol. The van der Waals surface area contributed by atoms with Crippen molar-refractivity contribution in [3.05, 3.63) is 48.6 Å². The van der Waals surface area contributed by atoms with Crippen molar-refractivity contribution in [1.82, 2.24) is 5.32 Å². The molecule has 304 valence electrons. The lowest BCUT2D eigenvalue weighted by molar-refractivity contribution is -0.130. The van der Waals surface area contributed by atoms with E-state index in [1.54, 1.807) is 6.08 Å². The molecule has 0 rings (SSSR count). The molecule has 0 heterocycles. The van der Waals surface area contributed by atoms with Gasteiger partial charge in [0.05, 0.1) is 17.9 Å². The van der Waals surface area contributed by atoms with Gasteiger partial charge < -0.3 is 15.5 Å². The van der Waals surface area contributed by atoms with Gasteiger partial charge in [-0.15, -0.1) is 0 Å². The zero-order valence-electron chi connectivity index (χ0n) is 33.5. The molecule has 1 amide bonds. The van der Waals surface area contributed by atoms with Crippen LogP contribution in [0.3, 0.4) is 0 Å². The largest absolute Gasteiger partial charge is 0.387 e. The molecule has 52 heavy (non-hydrogen) atoms. The second-order valence-electron chi connectivity index (χ2n) is 14.7. The first-order valence-electron chi connectivity index (χ1n) is 21.4. The molecule has 0 saturated carbocycles. The van der Waals surface area contributed by atoms with Crippen LogP contribution in [0.4, 0.5) is 0 Å². The van der Waals surface area contributed by atoms with E-state index in [0.717, 1.165) is 57.8 Å². The van der Waals surface area contributed by atoms with Gasteiger partial charge in [-0.3, -0.25) is 9.35 Å². The normalized spacial score (nSPS) is 14.3. The van der Waals surface area contributed by atoms with E-state index in [2.05, 4.69) is 55.6 Å². The van der Waals surface area contributed by atoms with Crippen LogP contribution < -0.4 is 5.32 Å². The number of amides is 1. The second-order valence-corrected chi connectivity index (χ2v) is 16.2. The summed E-state index contributed by atoms with van der Waals surface area (Å²) in [5.74, 6) is -1.58. The smallest absolute Gasteiger partial charge is 0.267 e. The Labute approximate surface area is 321 Å². The fourth-order valence-electron chi connectivity index (χ4n) is 6.25. The molecular weight excluding hydrogens is 671 g/mol. The van der Waals surface area contributed by atoms with E-state index < -0.39 is 40.0 Å². The number of unbranched alkanes of at least 4 members (excludes halogenated alkanes) is 23.